The van der Waals surface area contributed by atoms with Crippen LogP contribution >= 0.6 is 23.1 Å². The number of benzene rings is 1. The van der Waals surface area contributed by atoms with E-state index in [2.05, 4.69) is 4.98 Å². The van der Waals surface area contributed by atoms with E-state index in [4.69, 9.17) is 16.3 Å². The van der Waals surface area contributed by atoms with Crippen LogP contribution in [0.5, 0.6) is 0 Å². The zero-order valence-corrected chi connectivity index (χ0v) is 16.8. The van der Waals surface area contributed by atoms with Gasteiger partial charge in [0.1, 0.15) is 9.73 Å². The average molecular weight is 426 g/mol. The largest absolute Gasteiger partial charge is 0.379 e. The highest BCUT2D eigenvalue weighted by molar-refractivity contribution is 7.89. The molecule has 0 saturated carbocycles. The zero-order valence-electron chi connectivity index (χ0n) is 14.4. The standard InChI is InChI=1S/C17H16ClN3O4S2/c1-11-2-4-13-16(19-11)26-21(17(13)22)12-3-5-14(18)15(10-12)27(23,24)20-6-8-25-9-7-20/h2-5,10H,6-9H2,1H3. The molecule has 1 aliphatic rings. The number of aryl methyl sites for hydroxylation is 1. The van der Waals surface area contributed by atoms with E-state index in [0.29, 0.717) is 29.1 Å². The minimum absolute atomic E-state index is 0.0166. The molecule has 4 rings (SSSR count). The van der Waals surface area contributed by atoms with Gasteiger partial charge in [-0.2, -0.15) is 4.31 Å². The molecule has 0 spiro atoms. The molecule has 1 saturated heterocycles. The number of morpholine rings is 1. The Hall–Kier alpha value is -1.78. The number of rotatable bonds is 3. The first-order valence-corrected chi connectivity index (χ1v) is 10.8. The lowest BCUT2D eigenvalue weighted by Crippen LogP contribution is -2.40. The van der Waals surface area contributed by atoms with Crippen molar-refractivity contribution < 1.29 is 13.2 Å². The molecule has 27 heavy (non-hydrogen) atoms. The Bertz CT molecular complexity index is 1180. The van der Waals surface area contributed by atoms with E-state index in [-0.39, 0.29) is 28.6 Å². The Morgan fingerprint density at radius 2 is 1.93 bits per heavy atom. The summed E-state index contributed by atoms with van der Waals surface area (Å²) in [5.74, 6) is 0. The van der Waals surface area contributed by atoms with Gasteiger partial charge >= 0.3 is 0 Å². The number of sulfonamides is 1. The molecule has 0 bridgehead atoms. The predicted octanol–water partition coefficient (Wildman–Crippen LogP) is 2.43. The van der Waals surface area contributed by atoms with Gasteiger partial charge in [0.15, 0.2) is 0 Å². The van der Waals surface area contributed by atoms with Gasteiger partial charge in [0, 0.05) is 18.8 Å². The van der Waals surface area contributed by atoms with Crippen molar-refractivity contribution in [1.29, 1.82) is 0 Å². The monoisotopic (exact) mass is 425 g/mol. The SMILES string of the molecule is Cc1ccc2c(=O)n(-c3ccc(Cl)c(S(=O)(=O)N4CCOCC4)c3)sc2n1. The highest BCUT2D eigenvalue weighted by atomic mass is 35.5. The van der Waals surface area contributed by atoms with Crippen LogP contribution in [0.15, 0.2) is 40.0 Å². The molecule has 1 aliphatic heterocycles. The van der Waals surface area contributed by atoms with Crippen molar-refractivity contribution in [3.63, 3.8) is 0 Å². The van der Waals surface area contributed by atoms with E-state index >= 15 is 0 Å². The van der Waals surface area contributed by atoms with Gasteiger partial charge < -0.3 is 4.74 Å². The van der Waals surface area contributed by atoms with E-state index < -0.39 is 10.0 Å². The minimum Gasteiger partial charge on any atom is -0.379 e. The van der Waals surface area contributed by atoms with E-state index in [1.165, 1.54) is 31.9 Å². The van der Waals surface area contributed by atoms with Crippen LogP contribution in [0.4, 0.5) is 0 Å². The maximum absolute atomic E-state index is 13.0. The van der Waals surface area contributed by atoms with Crippen LogP contribution in [0, 0.1) is 6.92 Å². The Balaban J connectivity index is 1.84. The summed E-state index contributed by atoms with van der Waals surface area (Å²) in [6.45, 7) is 3.09. The van der Waals surface area contributed by atoms with Gasteiger partial charge in [-0.1, -0.05) is 11.6 Å². The highest BCUT2D eigenvalue weighted by Crippen LogP contribution is 2.29. The summed E-state index contributed by atoms with van der Waals surface area (Å²) >= 11 is 7.37. The van der Waals surface area contributed by atoms with Crippen molar-refractivity contribution >= 4 is 43.4 Å². The van der Waals surface area contributed by atoms with Crippen LogP contribution in [-0.2, 0) is 14.8 Å². The first-order valence-electron chi connectivity index (χ1n) is 8.25. The molecular formula is C17H16ClN3O4S2. The number of pyridine rings is 1. The molecule has 0 atom stereocenters. The van der Waals surface area contributed by atoms with Gasteiger partial charge in [0.05, 0.1) is 29.3 Å². The molecule has 0 N–H and O–H groups in total. The summed E-state index contributed by atoms with van der Waals surface area (Å²) in [6, 6.07) is 8.08. The fraction of sp³-hybridized carbons (Fsp3) is 0.294. The van der Waals surface area contributed by atoms with Crippen LogP contribution in [0.2, 0.25) is 5.02 Å². The number of hydrogen-bond donors (Lipinski definition) is 0. The molecule has 0 aliphatic carbocycles. The first kappa shape index (κ1) is 18.6. The smallest absolute Gasteiger partial charge is 0.274 e. The summed E-state index contributed by atoms with van der Waals surface area (Å²) in [6.07, 6.45) is 0. The van der Waals surface area contributed by atoms with Crippen molar-refractivity contribution in [1.82, 2.24) is 13.2 Å². The summed E-state index contributed by atoms with van der Waals surface area (Å²) < 4.78 is 34.0. The number of nitrogens with zero attached hydrogens (tertiary/aromatic N) is 3. The molecule has 3 heterocycles. The number of hydrogen-bond acceptors (Lipinski definition) is 6. The van der Waals surface area contributed by atoms with Gasteiger partial charge in [0.2, 0.25) is 10.0 Å². The number of halogens is 1. The van der Waals surface area contributed by atoms with Crippen molar-refractivity contribution in [2.75, 3.05) is 26.3 Å². The zero-order chi connectivity index (χ0) is 19.2. The Morgan fingerprint density at radius 1 is 1.19 bits per heavy atom. The third kappa shape index (κ3) is 3.30. The molecular weight excluding hydrogens is 410 g/mol. The molecule has 0 amide bonds. The molecule has 3 aromatic rings. The maximum Gasteiger partial charge on any atom is 0.274 e. The van der Waals surface area contributed by atoms with Gasteiger partial charge in [-0.15, -0.1) is 0 Å². The molecule has 7 nitrogen and oxygen atoms in total. The Kier molecular flexibility index (Phi) is 4.81. The lowest BCUT2D eigenvalue weighted by molar-refractivity contribution is 0.0730. The predicted molar refractivity (Wildman–Crippen MR) is 105 cm³/mol. The molecule has 1 fully saturated rings. The Morgan fingerprint density at radius 3 is 2.67 bits per heavy atom. The van der Waals surface area contributed by atoms with Crippen LogP contribution in [0.3, 0.4) is 0 Å². The van der Waals surface area contributed by atoms with Crippen molar-refractivity contribution in [2.45, 2.75) is 11.8 Å². The number of aromatic nitrogens is 2. The van der Waals surface area contributed by atoms with Crippen LogP contribution < -0.4 is 5.56 Å². The molecule has 0 unspecified atom stereocenters. The third-order valence-electron chi connectivity index (χ3n) is 4.33. The van der Waals surface area contributed by atoms with Gasteiger partial charge in [-0.05, 0) is 48.8 Å². The van der Waals surface area contributed by atoms with Gasteiger partial charge in [-0.25, -0.2) is 17.4 Å². The summed E-state index contributed by atoms with van der Waals surface area (Å²) in [4.78, 5) is 17.7. The first-order chi connectivity index (χ1) is 12.9. The summed E-state index contributed by atoms with van der Waals surface area (Å²) in [7, 11) is -3.78. The summed E-state index contributed by atoms with van der Waals surface area (Å²) in [5.41, 5.74) is 1.01. The summed E-state index contributed by atoms with van der Waals surface area (Å²) in [5, 5.41) is 0.617. The average Bonchev–Trinajstić information content (AvgIpc) is 2.98. The van der Waals surface area contributed by atoms with Crippen molar-refractivity contribution in [2.24, 2.45) is 0 Å². The molecule has 2 aromatic heterocycles. The maximum atomic E-state index is 13.0. The fourth-order valence-electron chi connectivity index (χ4n) is 2.91. The normalized spacial score (nSPS) is 16.1. The van der Waals surface area contributed by atoms with E-state index in [9.17, 15) is 13.2 Å². The highest BCUT2D eigenvalue weighted by Gasteiger charge is 2.29. The molecule has 142 valence electrons. The van der Waals surface area contributed by atoms with Gasteiger partial charge in [0.25, 0.3) is 5.56 Å². The second-order valence-electron chi connectivity index (χ2n) is 6.13. The van der Waals surface area contributed by atoms with E-state index in [1.54, 1.807) is 18.2 Å². The lowest BCUT2D eigenvalue weighted by Gasteiger charge is -2.26. The van der Waals surface area contributed by atoms with E-state index in [0.717, 1.165) is 5.69 Å². The quantitative estimate of drug-likeness (QED) is 0.643. The van der Waals surface area contributed by atoms with Crippen LogP contribution in [0.1, 0.15) is 5.69 Å². The second kappa shape index (κ2) is 6.99. The van der Waals surface area contributed by atoms with Crippen LogP contribution in [-0.4, -0.2) is 48.0 Å². The van der Waals surface area contributed by atoms with E-state index in [1.807, 2.05) is 6.92 Å². The molecule has 1 aromatic carbocycles. The molecule has 10 heteroatoms. The third-order valence-corrected chi connectivity index (χ3v) is 7.75. The second-order valence-corrected chi connectivity index (χ2v) is 9.38. The Labute approximate surface area is 165 Å². The van der Waals surface area contributed by atoms with Crippen molar-refractivity contribution in [3.05, 3.63) is 51.4 Å². The van der Waals surface area contributed by atoms with Crippen molar-refractivity contribution in [3.8, 4) is 5.69 Å². The molecule has 0 radical (unpaired) electrons. The fourth-order valence-corrected chi connectivity index (χ4v) is 5.83. The number of ether oxygens (including phenoxy) is 1. The minimum atomic E-state index is -3.78. The number of fused-ring (bicyclic) bond motifs is 1. The van der Waals surface area contributed by atoms with Gasteiger partial charge in [-0.3, -0.25) is 4.79 Å². The van der Waals surface area contributed by atoms with Crippen LogP contribution in [0.25, 0.3) is 15.9 Å². The topological polar surface area (TPSA) is 81.5 Å². The lowest BCUT2D eigenvalue weighted by atomic mass is 10.3.